The summed E-state index contributed by atoms with van der Waals surface area (Å²) in [6.07, 6.45) is 4.48. The maximum Gasteiger partial charge on any atom is 0.341 e. The number of thiophene rings is 1. The van der Waals surface area contributed by atoms with Gasteiger partial charge >= 0.3 is 11.9 Å². The van der Waals surface area contributed by atoms with Crippen molar-refractivity contribution in [2.75, 3.05) is 38.2 Å². The van der Waals surface area contributed by atoms with Gasteiger partial charge in [0.2, 0.25) is 5.91 Å². The predicted octanol–water partition coefficient (Wildman–Crippen LogP) is 2.63. The largest absolute Gasteiger partial charge is 0.466 e. The number of hydrogen-bond acceptors (Lipinski definition) is 7. The zero-order valence-electron chi connectivity index (χ0n) is 16.5. The first-order valence-electron chi connectivity index (χ1n) is 10.0. The van der Waals surface area contributed by atoms with Gasteiger partial charge in [0.25, 0.3) is 0 Å². The minimum Gasteiger partial charge on any atom is -0.466 e. The number of fused-ring (bicyclic) bond motifs is 1. The zero-order chi connectivity index (χ0) is 20.1. The van der Waals surface area contributed by atoms with Crippen molar-refractivity contribution in [2.24, 2.45) is 5.92 Å². The van der Waals surface area contributed by atoms with E-state index < -0.39 is 0 Å². The van der Waals surface area contributed by atoms with Gasteiger partial charge in [-0.05, 0) is 58.1 Å². The molecule has 1 aromatic rings. The summed E-state index contributed by atoms with van der Waals surface area (Å²) in [5, 5.41) is 3.51. The molecule has 1 saturated heterocycles. The Hall–Kier alpha value is -1.93. The van der Waals surface area contributed by atoms with E-state index in [0.717, 1.165) is 44.2 Å². The van der Waals surface area contributed by atoms with Crippen LogP contribution >= 0.6 is 11.3 Å². The van der Waals surface area contributed by atoms with E-state index in [-0.39, 0.29) is 30.3 Å². The van der Waals surface area contributed by atoms with Crippen molar-refractivity contribution in [2.45, 2.75) is 46.0 Å². The molecule has 2 aliphatic rings. The van der Waals surface area contributed by atoms with Crippen LogP contribution < -0.4 is 5.32 Å². The molecule has 0 radical (unpaired) electrons. The van der Waals surface area contributed by atoms with Gasteiger partial charge in [0.1, 0.15) is 5.00 Å². The number of nitrogens with zero attached hydrogens (tertiary/aromatic N) is 1. The molecule has 1 aromatic heterocycles. The topological polar surface area (TPSA) is 84.9 Å². The molecule has 8 heteroatoms. The van der Waals surface area contributed by atoms with E-state index in [1.807, 2.05) is 4.90 Å². The van der Waals surface area contributed by atoms with Crippen LogP contribution in [0.25, 0.3) is 0 Å². The number of hydrogen-bond donors (Lipinski definition) is 1. The molecule has 0 unspecified atom stereocenters. The van der Waals surface area contributed by atoms with Crippen molar-refractivity contribution < 1.29 is 23.9 Å². The molecule has 1 atom stereocenters. The van der Waals surface area contributed by atoms with Crippen LogP contribution in [0.1, 0.15) is 53.9 Å². The number of carbonyl (C=O) groups excluding carboxylic acids is 3. The molecule has 1 aliphatic heterocycles. The number of likely N-dealkylation sites (tertiary alicyclic amines) is 1. The van der Waals surface area contributed by atoms with Crippen molar-refractivity contribution in [3.63, 3.8) is 0 Å². The third kappa shape index (κ3) is 4.72. The average Bonchev–Trinajstić information content (AvgIpc) is 3.22. The summed E-state index contributed by atoms with van der Waals surface area (Å²) < 4.78 is 10.3. The highest BCUT2D eigenvalue weighted by atomic mass is 32.1. The van der Waals surface area contributed by atoms with E-state index in [1.54, 1.807) is 13.8 Å². The highest BCUT2D eigenvalue weighted by molar-refractivity contribution is 7.17. The summed E-state index contributed by atoms with van der Waals surface area (Å²) in [6, 6.07) is 0. The Kier molecular flexibility index (Phi) is 7.07. The lowest BCUT2D eigenvalue weighted by molar-refractivity contribution is -0.150. The van der Waals surface area contributed by atoms with Crippen LogP contribution in [-0.4, -0.2) is 55.6 Å². The fraction of sp³-hybridized carbons (Fsp3) is 0.650. The Morgan fingerprint density at radius 1 is 1.14 bits per heavy atom. The second kappa shape index (κ2) is 9.52. The highest BCUT2D eigenvalue weighted by Gasteiger charge is 2.30. The number of piperidine rings is 1. The van der Waals surface area contributed by atoms with Crippen LogP contribution in [0.2, 0.25) is 0 Å². The van der Waals surface area contributed by atoms with Crippen LogP contribution in [0.15, 0.2) is 0 Å². The molecule has 0 bridgehead atoms. The first-order valence-corrected chi connectivity index (χ1v) is 10.9. The van der Waals surface area contributed by atoms with Gasteiger partial charge in [0.05, 0.1) is 31.2 Å². The zero-order valence-corrected chi connectivity index (χ0v) is 17.4. The number of ether oxygens (including phenoxy) is 2. The van der Waals surface area contributed by atoms with Gasteiger partial charge in [0.15, 0.2) is 0 Å². The molecule has 28 heavy (non-hydrogen) atoms. The third-order valence-electron chi connectivity index (χ3n) is 5.15. The first kappa shape index (κ1) is 20.8. The van der Waals surface area contributed by atoms with E-state index in [4.69, 9.17) is 9.47 Å². The molecule has 1 amide bonds. The highest BCUT2D eigenvalue weighted by Crippen LogP contribution is 2.39. The standard InChI is InChI=1S/C20H28N2O5S/c1-3-26-19(24)13-7-6-10-22(11-13)12-16(23)21-18-17(20(25)27-4-2)14-8-5-9-15(14)28-18/h13H,3-12H2,1-2H3,(H,21,23)/t13-/m1/s1. The fourth-order valence-electron chi connectivity index (χ4n) is 3.93. The molecule has 0 saturated carbocycles. The SMILES string of the molecule is CCOC(=O)c1c(NC(=O)CN2CCC[C@@H](C(=O)OCC)C2)sc2c1CCC2. The second-order valence-corrected chi connectivity index (χ2v) is 8.26. The maximum atomic E-state index is 12.6. The summed E-state index contributed by atoms with van der Waals surface area (Å²) in [6.45, 7) is 5.74. The molecular formula is C20H28N2O5S. The number of nitrogens with one attached hydrogen (secondary N) is 1. The molecule has 0 aromatic carbocycles. The Morgan fingerprint density at radius 3 is 2.68 bits per heavy atom. The van der Waals surface area contributed by atoms with Crippen LogP contribution in [0.3, 0.4) is 0 Å². The smallest absolute Gasteiger partial charge is 0.341 e. The van der Waals surface area contributed by atoms with E-state index in [0.29, 0.717) is 30.3 Å². The van der Waals surface area contributed by atoms with Crippen LogP contribution in [-0.2, 0) is 31.9 Å². The van der Waals surface area contributed by atoms with Crippen molar-refractivity contribution in [3.8, 4) is 0 Å². The van der Waals surface area contributed by atoms with Gasteiger partial charge in [0, 0.05) is 11.4 Å². The van der Waals surface area contributed by atoms with E-state index in [2.05, 4.69) is 5.32 Å². The normalized spacial score (nSPS) is 19.1. The summed E-state index contributed by atoms with van der Waals surface area (Å²) in [7, 11) is 0. The minimum atomic E-state index is -0.363. The van der Waals surface area contributed by atoms with Gasteiger partial charge in [-0.15, -0.1) is 11.3 Å². The van der Waals surface area contributed by atoms with Crippen LogP contribution in [0, 0.1) is 5.92 Å². The van der Waals surface area contributed by atoms with Gasteiger partial charge in [-0.3, -0.25) is 14.5 Å². The summed E-state index contributed by atoms with van der Waals surface area (Å²) in [5.74, 6) is -0.901. The summed E-state index contributed by atoms with van der Waals surface area (Å²) in [4.78, 5) is 40.2. The monoisotopic (exact) mass is 408 g/mol. The summed E-state index contributed by atoms with van der Waals surface area (Å²) in [5.41, 5.74) is 1.55. The summed E-state index contributed by atoms with van der Waals surface area (Å²) >= 11 is 1.48. The lowest BCUT2D eigenvalue weighted by atomic mass is 9.98. The lowest BCUT2D eigenvalue weighted by Gasteiger charge is -2.30. The average molecular weight is 409 g/mol. The number of anilines is 1. The van der Waals surface area contributed by atoms with Gasteiger partial charge in [-0.1, -0.05) is 0 Å². The first-order chi connectivity index (χ1) is 13.5. The fourth-order valence-corrected chi connectivity index (χ4v) is 5.23. The molecule has 3 rings (SSSR count). The Morgan fingerprint density at radius 2 is 1.93 bits per heavy atom. The molecule has 1 N–H and O–H groups in total. The van der Waals surface area contributed by atoms with Gasteiger partial charge in [-0.25, -0.2) is 4.79 Å². The Bertz CT molecular complexity index is 745. The minimum absolute atomic E-state index is 0.171. The number of esters is 2. The van der Waals surface area contributed by atoms with Crippen molar-refractivity contribution in [1.29, 1.82) is 0 Å². The van der Waals surface area contributed by atoms with Crippen molar-refractivity contribution in [1.82, 2.24) is 4.90 Å². The quantitative estimate of drug-likeness (QED) is 0.698. The van der Waals surface area contributed by atoms with Gasteiger partial charge < -0.3 is 14.8 Å². The van der Waals surface area contributed by atoms with Gasteiger partial charge in [-0.2, -0.15) is 0 Å². The number of rotatable bonds is 7. The van der Waals surface area contributed by atoms with Crippen LogP contribution in [0.4, 0.5) is 5.00 Å². The third-order valence-corrected chi connectivity index (χ3v) is 6.35. The Balaban J connectivity index is 1.64. The van der Waals surface area contributed by atoms with Crippen LogP contribution in [0.5, 0.6) is 0 Å². The van der Waals surface area contributed by atoms with E-state index >= 15 is 0 Å². The van der Waals surface area contributed by atoms with E-state index in [9.17, 15) is 14.4 Å². The maximum absolute atomic E-state index is 12.6. The predicted molar refractivity (Wildman–Crippen MR) is 107 cm³/mol. The van der Waals surface area contributed by atoms with Crippen molar-refractivity contribution in [3.05, 3.63) is 16.0 Å². The number of carbonyl (C=O) groups is 3. The lowest BCUT2D eigenvalue weighted by Crippen LogP contribution is -2.43. The molecule has 2 heterocycles. The number of amides is 1. The van der Waals surface area contributed by atoms with Crippen molar-refractivity contribution >= 4 is 34.2 Å². The molecule has 1 fully saturated rings. The molecule has 1 aliphatic carbocycles. The number of aryl methyl sites for hydroxylation is 1. The molecule has 0 spiro atoms. The molecule has 154 valence electrons. The second-order valence-electron chi connectivity index (χ2n) is 7.16. The molecular weight excluding hydrogens is 380 g/mol. The van der Waals surface area contributed by atoms with E-state index in [1.165, 1.54) is 16.2 Å². The Labute approximate surface area is 169 Å². The molecule has 7 nitrogen and oxygen atoms in total.